The molecule has 2 aromatic carbocycles. The van der Waals surface area contributed by atoms with Crippen LogP contribution < -0.4 is 0 Å². The number of phenols is 4. The van der Waals surface area contributed by atoms with Gasteiger partial charge >= 0.3 is 11.9 Å². The summed E-state index contributed by atoms with van der Waals surface area (Å²) in [6, 6.07) is 8.08. The Bertz CT molecular complexity index is 1430. The van der Waals surface area contributed by atoms with Crippen LogP contribution in [-0.4, -0.2) is 134 Å². The number of benzene rings is 2. The average Bonchev–Trinajstić information content (AvgIpc) is 3.04. The molecule has 264 valence electrons. The van der Waals surface area contributed by atoms with E-state index < -0.39 is 92.1 Å². The summed E-state index contributed by atoms with van der Waals surface area (Å²) in [6.07, 6.45) is -11.0. The molecular weight excluding hydrogens is 640 g/mol. The minimum absolute atomic E-state index is 0.0732. The van der Waals surface area contributed by atoms with E-state index in [1.807, 2.05) is 0 Å². The normalized spacial score (nSPS) is 30.6. The second kappa shape index (κ2) is 16.4. The van der Waals surface area contributed by atoms with E-state index >= 15 is 0 Å². The van der Waals surface area contributed by atoms with Crippen molar-refractivity contribution in [1.29, 1.82) is 0 Å². The summed E-state index contributed by atoms with van der Waals surface area (Å²) in [4.78, 5) is 24.6. The number of hydrogen-bond donors (Lipinski definition) is 8. The number of esters is 2. The smallest absolute Gasteiger partial charge is 0.330 e. The molecule has 16 heteroatoms. The molecule has 8 N–H and O–H groups in total. The molecule has 2 heterocycles. The van der Waals surface area contributed by atoms with Gasteiger partial charge in [0.15, 0.2) is 35.4 Å². The van der Waals surface area contributed by atoms with Gasteiger partial charge in [-0.2, -0.15) is 0 Å². The molecule has 2 aromatic rings. The Labute approximate surface area is 274 Å². The standard InChI is InChI=1S/C32H40O16/c1-15-26(39)29(42)27(40)23(46-15)14-45-30-28(41)24(13-44-25(38)8-5-17-3-6-19(34)21(36)11-17)48-32(31(30)47-16(2)33)43-10-9-18-4-7-20(35)22(37)12-18/h3-8,11-12,15,23-24,26-32,34-37,39-42H,9-10,13-14H2,1-2H3. The first-order valence-corrected chi connectivity index (χ1v) is 15.1. The largest absolute Gasteiger partial charge is 0.504 e. The van der Waals surface area contributed by atoms with E-state index in [0.717, 1.165) is 13.0 Å². The van der Waals surface area contributed by atoms with Crippen LogP contribution in [0.2, 0.25) is 0 Å². The van der Waals surface area contributed by atoms with Gasteiger partial charge in [0.05, 0.1) is 19.3 Å². The first kappa shape index (κ1) is 36.8. The molecule has 2 saturated heterocycles. The Kier molecular flexibility index (Phi) is 12.6. The lowest BCUT2D eigenvalue weighted by Crippen LogP contribution is -2.63. The molecule has 0 spiro atoms. The molecule has 48 heavy (non-hydrogen) atoms. The zero-order valence-electron chi connectivity index (χ0n) is 26.1. The highest BCUT2D eigenvalue weighted by Crippen LogP contribution is 2.30. The highest BCUT2D eigenvalue weighted by atomic mass is 16.7. The molecule has 10 unspecified atom stereocenters. The predicted molar refractivity (Wildman–Crippen MR) is 162 cm³/mol. The van der Waals surface area contributed by atoms with Crippen LogP contribution in [0, 0.1) is 0 Å². The first-order chi connectivity index (χ1) is 22.7. The summed E-state index contributed by atoms with van der Waals surface area (Å²) >= 11 is 0. The van der Waals surface area contributed by atoms with E-state index in [4.69, 9.17) is 28.4 Å². The van der Waals surface area contributed by atoms with Gasteiger partial charge in [-0.05, 0) is 54.8 Å². The van der Waals surface area contributed by atoms with Crippen molar-refractivity contribution in [2.24, 2.45) is 0 Å². The van der Waals surface area contributed by atoms with Crippen molar-refractivity contribution in [1.82, 2.24) is 0 Å². The Morgan fingerprint density at radius 1 is 0.771 bits per heavy atom. The molecular formula is C32H40O16. The van der Waals surface area contributed by atoms with E-state index in [0.29, 0.717) is 11.1 Å². The van der Waals surface area contributed by atoms with Crippen LogP contribution in [0.15, 0.2) is 42.5 Å². The number of hydrogen-bond acceptors (Lipinski definition) is 16. The number of aromatic hydroxyl groups is 4. The third-order valence-electron chi connectivity index (χ3n) is 7.84. The second-order valence-corrected chi connectivity index (χ2v) is 11.4. The molecule has 2 fully saturated rings. The minimum Gasteiger partial charge on any atom is -0.504 e. The number of ether oxygens (including phenoxy) is 6. The number of aliphatic hydroxyl groups is 4. The van der Waals surface area contributed by atoms with Gasteiger partial charge in [0.1, 0.15) is 49.3 Å². The summed E-state index contributed by atoms with van der Waals surface area (Å²) in [7, 11) is 0. The Morgan fingerprint density at radius 3 is 2.10 bits per heavy atom. The number of rotatable bonds is 12. The van der Waals surface area contributed by atoms with Crippen LogP contribution in [0.4, 0.5) is 0 Å². The SMILES string of the molecule is CC(=O)OC1C(OCCc2ccc(O)c(O)c2)OC(COC(=O)C=Cc2ccc(O)c(O)c2)C(O)C1OCC1OC(C)C(O)C(O)C1O. The summed E-state index contributed by atoms with van der Waals surface area (Å²) in [5, 5.41) is 80.5. The molecule has 0 aromatic heterocycles. The van der Waals surface area contributed by atoms with Crippen molar-refractivity contribution in [2.45, 2.75) is 81.5 Å². The lowest BCUT2D eigenvalue weighted by atomic mass is 9.95. The molecule has 0 bridgehead atoms. The molecule has 0 radical (unpaired) electrons. The highest BCUT2D eigenvalue weighted by Gasteiger charge is 2.50. The maximum Gasteiger partial charge on any atom is 0.330 e. The molecule has 2 aliphatic heterocycles. The van der Waals surface area contributed by atoms with Crippen LogP contribution in [-0.2, 0) is 44.4 Å². The molecule has 4 rings (SSSR count). The molecule has 0 aliphatic carbocycles. The van der Waals surface area contributed by atoms with Crippen LogP contribution in [0.1, 0.15) is 25.0 Å². The fraction of sp³-hybridized carbons (Fsp3) is 0.500. The van der Waals surface area contributed by atoms with E-state index in [9.17, 15) is 50.4 Å². The van der Waals surface area contributed by atoms with Crippen molar-refractivity contribution in [3.8, 4) is 23.0 Å². The molecule has 2 aliphatic rings. The predicted octanol–water partition coefficient (Wildman–Crippen LogP) is -0.403. The maximum atomic E-state index is 12.5. The van der Waals surface area contributed by atoms with E-state index in [1.54, 1.807) is 6.07 Å². The third kappa shape index (κ3) is 9.33. The Hall–Kier alpha value is -4.00. The van der Waals surface area contributed by atoms with Gasteiger partial charge in [0.2, 0.25) is 0 Å². The summed E-state index contributed by atoms with van der Waals surface area (Å²) < 4.78 is 34.0. The lowest BCUT2D eigenvalue weighted by molar-refractivity contribution is -0.316. The average molecular weight is 681 g/mol. The number of carbonyl (C=O) groups is 2. The van der Waals surface area contributed by atoms with Crippen LogP contribution in [0.3, 0.4) is 0 Å². The van der Waals surface area contributed by atoms with Gasteiger partial charge in [0, 0.05) is 13.0 Å². The van der Waals surface area contributed by atoms with Crippen molar-refractivity contribution >= 4 is 18.0 Å². The second-order valence-electron chi connectivity index (χ2n) is 11.4. The number of aliphatic hydroxyl groups excluding tert-OH is 4. The molecule has 10 atom stereocenters. The van der Waals surface area contributed by atoms with Crippen LogP contribution >= 0.6 is 0 Å². The van der Waals surface area contributed by atoms with Crippen molar-refractivity contribution in [3.05, 3.63) is 53.6 Å². The quantitative estimate of drug-likeness (QED) is 0.0806. The van der Waals surface area contributed by atoms with Crippen molar-refractivity contribution in [2.75, 3.05) is 19.8 Å². The fourth-order valence-corrected chi connectivity index (χ4v) is 5.19. The zero-order chi connectivity index (χ0) is 35.1. The van der Waals surface area contributed by atoms with Gasteiger partial charge in [-0.15, -0.1) is 0 Å². The van der Waals surface area contributed by atoms with Gasteiger partial charge < -0.3 is 69.3 Å². The zero-order valence-corrected chi connectivity index (χ0v) is 26.1. The van der Waals surface area contributed by atoms with Gasteiger partial charge in [-0.25, -0.2) is 4.79 Å². The maximum absolute atomic E-state index is 12.5. The van der Waals surface area contributed by atoms with E-state index in [1.165, 1.54) is 43.3 Å². The van der Waals surface area contributed by atoms with Gasteiger partial charge in [-0.3, -0.25) is 4.79 Å². The lowest BCUT2D eigenvalue weighted by Gasteiger charge is -2.44. The van der Waals surface area contributed by atoms with Crippen molar-refractivity contribution in [3.63, 3.8) is 0 Å². The molecule has 0 saturated carbocycles. The third-order valence-corrected chi connectivity index (χ3v) is 7.84. The summed E-state index contributed by atoms with van der Waals surface area (Å²) in [6.45, 7) is 1.55. The van der Waals surface area contributed by atoms with Crippen LogP contribution in [0.25, 0.3) is 6.08 Å². The highest BCUT2D eigenvalue weighted by molar-refractivity contribution is 5.87. The Balaban J connectivity index is 1.50. The van der Waals surface area contributed by atoms with E-state index in [-0.39, 0.29) is 30.3 Å². The van der Waals surface area contributed by atoms with Gasteiger partial charge in [0.25, 0.3) is 0 Å². The van der Waals surface area contributed by atoms with E-state index in [2.05, 4.69) is 0 Å². The number of carbonyl (C=O) groups excluding carboxylic acids is 2. The van der Waals surface area contributed by atoms with Crippen LogP contribution in [0.5, 0.6) is 23.0 Å². The minimum atomic E-state index is -1.61. The fourth-order valence-electron chi connectivity index (χ4n) is 5.19. The summed E-state index contributed by atoms with van der Waals surface area (Å²) in [5.74, 6) is -3.02. The molecule has 0 amide bonds. The number of phenolic OH excluding ortho intramolecular Hbond substituents is 4. The topological polar surface area (TPSA) is 251 Å². The summed E-state index contributed by atoms with van der Waals surface area (Å²) in [5.41, 5.74) is 0.957. The Morgan fingerprint density at radius 2 is 1.44 bits per heavy atom. The first-order valence-electron chi connectivity index (χ1n) is 15.1. The monoisotopic (exact) mass is 680 g/mol. The molecule has 16 nitrogen and oxygen atoms in total. The van der Waals surface area contributed by atoms with Gasteiger partial charge in [-0.1, -0.05) is 12.1 Å². The van der Waals surface area contributed by atoms with Crippen molar-refractivity contribution < 1.29 is 78.9 Å².